The van der Waals surface area contributed by atoms with Crippen LogP contribution in [-0.2, 0) is 9.59 Å². The molecule has 2 N–H and O–H groups in total. The van der Waals surface area contributed by atoms with Gasteiger partial charge in [-0.25, -0.2) is 0 Å². The van der Waals surface area contributed by atoms with Gasteiger partial charge in [0.05, 0.1) is 0 Å². The predicted octanol–water partition coefficient (Wildman–Crippen LogP) is 1.94. The van der Waals surface area contributed by atoms with Crippen molar-refractivity contribution < 1.29 is 14.7 Å². The van der Waals surface area contributed by atoms with E-state index >= 15 is 0 Å². The first-order valence-corrected chi connectivity index (χ1v) is 6.63. The second kappa shape index (κ2) is 4.67. The summed E-state index contributed by atoms with van der Waals surface area (Å²) < 4.78 is 0. The van der Waals surface area contributed by atoms with Crippen molar-refractivity contribution in [1.82, 2.24) is 5.32 Å². The number of carbonyl (C=O) groups is 2. The Balaban J connectivity index is 1.91. The summed E-state index contributed by atoms with van der Waals surface area (Å²) in [4.78, 5) is 23.3. The fourth-order valence-electron chi connectivity index (χ4n) is 2.48. The number of rotatable bonds is 6. The summed E-state index contributed by atoms with van der Waals surface area (Å²) in [6.07, 6.45) is 6.25. The molecule has 2 saturated carbocycles. The lowest BCUT2D eigenvalue weighted by Gasteiger charge is -2.37. The maximum Gasteiger partial charge on any atom is 0.319 e. The van der Waals surface area contributed by atoms with E-state index in [4.69, 9.17) is 0 Å². The molecule has 96 valence electrons. The van der Waals surface area contributed by atoms with Gasteiger partial charge in [0, 0.05) is 6.04 Å². The molecular formula is C13H21NO3. The zero-order chi connectivity index (χ0) is 12.5. The maximum absolute atomic E-state index is 12.1. The van der Waals surface area contributed by atoms with Crippen LogP contribution < -0.4 is 5.32 Å². The van der Waals surface area contributed by atoms with Crippen LogP contribution in [0.15, 0.2) is 0 Å². The molecule has 0 saturated heterocycles. The minimum absolute atomic E-state index is 0.159. The number of hydrogen-bond acceptors (Lipinski definition) is 2. The van der Waals surface area contributed by atoms with Gasteiger partial charge in [-0.1, -0.05) is 26.2 Å². The van der Waals surface area contributed by atoms with E-state index in [-0.39, 0.29) is 11.9 Å². The third kappa shape index (κ3) is 2.45. The Morgan fingerprint density at radius 2 is 2.06 bits per heavy atom. The highest BCUT2D eigenvalue weighted by Gasteiger charge is 2.51. The average molecular weight is 239 g/mol. The second-order valence-electron chi connectivity index (χ2n) is 5.50. The van der Waals surface area contributed by atoms with Crippen LogP contribution in [0.3, 0.4) is 0 Å². The summed E-state index contributed by atoms with van der Waals surface area (Å²) in [7, 11) is 0. The van der Waals surface area contributed by atoms with Gasteiger partial charge < -0.3 is 10.4 Å². The molecule has 17 heavy (non-hydrogen) atoms. The molecule has 1 unspecified atom stereocenters. The molecule has 2 aliphatic rings. The molecule has 0 heterocycles. The van der Waals surface area contributed by atoms with Crippen molar-refractivity contribution in [2.45, 2.75) is 57.9 Å². The summed E-state index contributed by atoms with van der Waals surface area (Å²) in [6.45, 7) is 2.04. The van der Waals surface area contributed by atoms with Crippen molar-refractivity contribution >= 4 is 11.9 Å². The van der Waals surface area contributed by atoms with E-state index in [0.717, 1.165) is 25.2 Å². The molecule has 2 aliphatic carbocycles. The van der Waals surface area contributed by atoms with Gasteiger partial charge in [0.15, 0.2) is 0 Å². The number of amides is 1. The van der Waals surface area contributed by atoms with E-state index in [1.54, 1.807) is 0 Å². The van der Waals surface area contributed by atoms with Crippen LogP contribution in [0, 0.1) is 11.3 Å². The zero-order valence-corrected chi connectivity index (χ0v) is 10.4. The first kappa shape index (κ1) is 12.4. The molecule has 2 fully saturated rings. The van der Waals surface area contributed by atoms with Gasteiger partial charge in [0.1, 0.15) is 5.41 Å². The van der Waals surface area contributed by atoms with E-state index < -0.39 is 11.4 Å². The van der Waals surface area contributed by atoms with Crippen molar-refractivity contribution in [3.63, 3.8) is 0 Å². The summed E-state index contributed by atoms with van der Waals surface area (Å²) in [6, 6.07) is 0.159. The van der Waals surface area contributed by atoms with E-state index in [2.05, 4.69) is 5.32 Å². The minimum Gasteiger partial charge on any atom is -0.480 e. The molecule has 1 amide bonds. The normalized spacial score (nSPS) is 23.6. The number of aliphatic carboxylic acids is 1. The summed E-state index contributed by atoms with van der Waals surface area (Å²) in [5.41, 5.74) is -1.11. The lowest BCUT2D eigenvalue weighted by Crippen LogP contribution is -2.53. The van der Waals surface area contributed by atoms with Gasteiger partial charge in [-0.05, 0) is 31.6 Å². The third-order valence-electron chi connectivity index (χ3n) is 4.19. The highest BCUT2D eigenvalue weighted by atomic mass is 16.4. The van der Waals surface area contributed by atoms with Crippen molar-refractivity contribution in [2.75, 3.05) is 0 Å². The highest BCUT2D eigenvalue weighted by molar-refractivity contribution is 6.02. The molecule has 1 atom stereocenters. The summed E-state index contributed by atoms with van der Waals surface area (Å²) in [5, 5.41) is 12.1. The van der Waals surface area contributed by atoms with Gasteiger partial charge in [0.25, 0.3) is 0 Å². The highest BCUT2D eigenvalue weighted by Crippen LogP contribution is 2.42. The molecule has 0 radical (unpaired) electrons. The Bertz CT molecular complexity index is 319. The van der Waals surface area contributed by atoms with Crippen LogP contribution in [0.2, 0.25) is 0 Å². The molecule has 0 aromatic carbocycles. The van der Waals surface area contributed by atoms with Crippen LogP contribution in [0.4, 0.5) is 0 Å². The van der Waals surface area contributed by atoms with Crippen molar-refractivity contribution in [3.05, 3.63) is 0 Å². The molecule has 0 aliphatic heterocycles. The lowest BCUT2D eigenvalue weighted by atomic mass is 9.68. The number of nitrogens with one attached hydrogen (secondary N) is 1. The molecule has 0 aromatic rings. The Kier molecular flexibility index (Phi) is 3.40. The predicted molar refractivity (Wildman–Crippen MR) is 63.5 cm³/mol. The number of carboxylic acids is 1. The van der Waals surface area contributed by atoms with Gasteiger partial charge >= 0.3 is 5.97 Å². The SMILES string of the molecule is CCC(CC1CC1)NC(=O)C1(C(=O)O)CCC1. The topological polar surface area (TPSA) is 66.4 Å². The molecule has 2 rings (SSSR count). The maximum atomic E-state index is 12.1. The number of carbonyl (C=O) groups excluding carboxylic acids is 1. The van der Waals surface area contributed by atoms with Crippen molar-refractivity contribution in [1.29, 1.82) is 0 Å². The fourth-order valence-corrected chi connectivity index (χ4v) is 2.48. The molecular weight excluding hydrogens is 218 g/mol. The standard InChI is InChI=1S/C13H21NO3/c1-2-10(8-9-4-5-9)14-11(15)13(12(16)17)6-3-7-13/h9-10H,2-8H2,1H3,(H,14,15)(H,16,17). The largest absolute Gasteiger partial charge is 0.480 e. The first-order chi connectivity index (χ1) is 8.08. The monoisotopic (exact) mass is 239 g/mol. The van der Waals surface area contributed by atoms with Crippen molar-refractivity contribution in [2.24, 2.45) is 11.3 Å². The summed E-state index contributed by atoms with van der Waals surface area (Å²) in [5.74, 6) is -0.464. The average Bonchev–Trinajstić information content (AvgIpc) is 2.98. The van der Waals surface area contributed by atoms with E-state index in [9.17, 15) is 14.7 Å². The van der Waals surface area contributed by atoms with Crippen LogP contribution in [0.1, 0.15) is 51.9 Å². The zero-order valence-electron chi connectivity index (χ0n) is 10.4. The van der Waals surface area contributed by atoms with Gasteiger partial charge in [-0.15, -0.1) is 0 Å². The van der Waals surface area contributed by atoms with E-state index in [0.29, 0.717) is 12.8 Å². The van der Waals surface area contributed by atoms with E-state index in [1.807, 2.05) is 6.92 Å². The quantitative estimate of drug-likeness (QED) is 0.696. The van der Waals surface area contributed by atoms with Crippen LogP contribution in [0.25, 0.3) is 0 Å². The Labute approximate surface area is 102 Å². The number of carboxylic acid groups (broad SMARTS) is 1. The van der Waals surface area contributed by atoms with E-state index in [1.165, 1.54) is 12.8 Å². The van der Waals surface area contributed by atoms with Crippen LogP contribution in [-0.4, -0.2) is 23.0 Å². The van der Waals surface area contributed by atoms with Crippen LogP contribution >= 0.6 is 0 Å². The molecule has 0 aromatic heterocycles. The molecule has 0 bridgehead atoms. The fraction of sp³-hybridized carbons (Fsp3) is 0.846. The third-order valence-corrected chi connectivity index (χ3v) is 4.19. The Morgan fingerprint density at radius 3 is 2.41 bits per heavy atom. The minimum atomic E-state index is -1.11. The lowest BCUT2D eigenvalue weighted by molar-refractivity contribution is -0.162. The molecule has 4 heteroatoms. The smallest absolute Gasteiger partial charge is 0.319 e. The molecule has 4 nitrogen and oxygen atoms in total. The summed E-state index contributed by atoms with van der Waals surface area (Å²) >= 11 is 0. The first-order valence-electron chi connectivity index (χ1n) is 6.63. The van der Waals surface area contributed by atoms with Gasteiger partial charge in [-0.2, -0.15) is 0 Å². The molecule has 0 spiro atoms. The van der Waals surface area contributed by atoms with Crippen molar-refractivity contribution in [3.8, 4) is 0 Å². The Hall–Kier alpha value is -1.06. The van der Waals surface area contributed by atoms with Gasteiger partial charge in [-0.3, -0.25) is 9.59 Å². The van der Waals surface area contributed by atoms with Gasteiger partial charge in [0.2, 0.25) is 5.91 Å². The second-order valence-corrected chi connectivity index (χ2v) is 5.50. The Morgan fingerprint density at radius 1 is 1.41 bits per heavy atom. The number of hydrogen-bond donors (Lipinski definition) is 2. The van der Waals surface area contributed by atoms with Crippen LogP contribution in [0.5, 0.6) is 0 Å².